The molecule has 0 atom stereocenters. The SMILES string of the molecule is Cl.Nc1cnn(Cc2ccc(Cl)cc2Cl)c1. The van der Waals surface area contributed by atoms with Crippen LogP contribution in [0.5, 0.6) is 0 Å². The van der Waals surface area contributed by atoms with E-state index in [-0.39, 0.29) is 12.4 Å². The highest BCUT2D eigenvalue weighted by atomic mass is 35.5. The van der Waals surface area contributed by atoms with Crippen molar-refractivity contribution in [3.63, 3.8) is 0 Å². The predicted octanol–water partition coefficient (Wildman–Crippen LogP) is 3.24. The highest BCUT2D eigenvalue weighted by molar-refractivity contribution is 6.35. The van der Waals surface area contributed by atoms with E-state index in [9.17, 15) is 0 Å². The van der Waals surface area contributed by atoms with Crippen LogP contribution in [0.1, 0.15) is 5.56 Å². The van der Waals surface area contributed by atoms with Gasteiger partial charge in [0.15, 0.2) is 0 Å². The quantitative estimate of drug-likeness (QED) is 0.916. The fourth-order valence-corrected chi connectivity index (χ4v) is 1.76. The van der Waals surface area contributed by atoms with E-state index in [1.54, 1.807) is 29.2 Å². The van der Waals surface area contributed by atoms with Crippen LogP contribution >= 0.6 is 35.6 Å². The zero-order valence-electron chi connectivity index (χ0n) is 8.23. The van der Waals surface area contributed by atoms with E-state index in [0.29, 0.717) is 22.3 Å². The van der Waals surface area contributed by atoms with Gasteiger partial charge in [0.1, 0.15) is 0 Å². The lowest BCUT2D eigenvalue weighted by Gasteiger charge is -2.04. The molecule has 3 nitrogen and oxygen atoms in total. The zero-order valence-corrected chi connectivity index (χ0v) is 10.6. The number of nitrogen functional groups attached to an aromatic ring is 1. The second-order valence-electron chi connectivity index (χ2n) is 3.21. The number of aromatic nitrogens is 2. The Morgan fingerprint density at radius 1 is 1.31 bits per heavy atom. The first kappa shape index (κ1) is 13.2. The van der Waals surface area contributed by atoms with Crippen molar-refractivity contribution < 1.29 is 0 Å². The molecule has 0 bridgehead atoms. The summed E-state index contributed by atoms with van der Waals surface area (Å²) in [5.74, 6) is 0. The highest BCUT2D eigenvalue weighted by Crippen LogP contribution is 2.21. The third kappa shape index (κ3) is 3.04. The molecule has 0 aliphatic rings. The van der Waals surface area contributed by atoms with Gasteiger partial charge in [0.2, 0.25) is 0 Å². The van der Waals surface area contributed by atoms with Crippen LogP contribution in [0, 0.1) is 0 Å². The van der Waals surface area contributed by atoms with E-state index in [1.807, 2.05) is 6.07 Å². The smallest absolute Gasteiger partial charge is 0.0719 e. The maximum Gasteiger partial charge on any atom is 0.0719 e. The summed E-state index contributed by atoms with van der Waals surface area (Å²) in [4.78, 5) is 0. The summed E-state index contributed by atoms with van der Waals surface area (Å²) in [6.45, 7) is 0.590. The molecule has 2 rings (SSSR count). The molecule has 2 N–H and O–H groups in total. The number of nitrogens with zero attached hydrogens (tertiary/aromatic N) is 2. The maximum atomic E-state index is 6.03. The second kappa shape index (κ2) is 5.43. The number of benzene rings is 1. The third-order valence-corrected chi connectivity index (χ3v) is 2.59. The fraction of sp³-hybridized carbons (Fsp3) is 0.100. The Hall–Kier alpha value is -0.900. The largest absolute Gasteiger partial charge is 0.396 e. The standard InChI is InChI=1S/C10H9Cl2N3.ClH/c11-8-2-1-7(10(12)3-8)5-15-6-9(13)4-14-15;/h1-4,6H,5,13H2;1H. The van der Waals surface area contributed by atoms with Crippen LogP contribution in [0.15, 0.2) is 30.6 Å². The summed E-state index contributed by atoms with van der Waals surface area (Å²) in [5.41, 5.74) is 7.16. The number of anilines is 1. The summed E-state index contributed by atoms with van der Waals surface area (Å²) < 4.78 is 1.73. The minimum absolute atomic E-state index is 0. The van der Waals surface area contributed by atoms with Gasteiger partial charge in [-0.05, 0) is 17.7 Å². The summed E-state index contributed by atoms with van der Waals surface area (Å²) in [5, 5.41) is 5.34. The Morgan fingerprint density at radius 2 is 2.06 bits per heavy atom. The third-order valence-electron chi connectivity index (χ3n) is 2.00. The molecule has 0 amide bonds. The van der Waals surface area contributed by atoms with E-state index in [2.05, 4.69) is 5.10 Å². The van der Waals surface area contributed by atoms with Crippen molar-refractivity contribution in [1.29, 1.82) is 0 Å². The normalized spacial score (nSPS) is 9.88. The van der Waals surface area contributed by atoms with Crippen LogP contribution in [0.25, 0.3) is 0 Å². The van der Waals surface area contributed by atoms with Gasteiger partial charge in [-0.2, -0.15) is 5.10 Å². The van der Waals surface area contributed by atoms with Gasteiger partial charge < -0.3 is 5.73 Å². The molecule has 1 aromatic heterocycles. The topological polar surface area (TPSA) is 43.8 Å². The minimum Gasteiger partial charge on any atom is -0.396 e. The van der Waals surface area contributed by atoms with Gasteiger partial charge >= 0.3 is 0 Å². The Balaban J connectivity index is 0.00000128. The monoisotopic (exact) mass is 277 g/mol. The van der Waals surface area contributed by atoms with Crippen molar-refractivity contribution >= 4 is 41.3 Å². The molecule has 0 aliphatic carbocycles. The molecule has 16 heavy (non-hydrogen) atoms. The lowest BCUT2D eigenvalue weighted by molar-refractivity contribution is 0.687. The van der Waals surface area contributed by atoms with Crippen molar-refractivity contribution in [2.75, 3.05) is 5.73 Å². The molecule has 0 radical (unpaired) electrons. The Kier molecular flexibility index (Phi) is 4.47. The highest BCUT2D eigenvalue weighted by Gasteiger charge is 2.02. The first-order valence-electron chi connectivity index (χ1n) is 4.37. The summed E-state index contributed by atoms with van der Waals surface area (Å²) in [7, 11) is 0. The van der Waals surface area contributed by atoms with Gasteiger partial charge in [-0.1, -0.05) is 29.3 Å². The first-order valence-corrected chi connectivity index (χ1v) is 5.12. The van der Waals surface area contributed by atoms with E-state index in [0.717, 1.165) is 5.56 Å². The number of rotatable bonds is 2. The van der Waals surface area contributed by atoms with Crippen molar-refractivity contribution in [2.45, 2.75) is 6.54 Å². The predicted molar refractivity (Wildman–Crippen MR) is 69.5 cm³/mol. The average molecular weight is 279 g/mol. The van der Waals surface area contributed by atoms with Crippen LogP contribution in [0.3, 0.4) is 0 Å². The van der Waals surface area contributed by atoms with Gasteiger partial charge in [-0.25, -0.2) is 0 Å². The minimum atomic E-state index is 0. The molecular formula is C10H10Cl3N3. The second-order valence-corrected chi connectivity index (χ2v) is 4.05. The average Bonchev–Trinajstić information content (AvgIpc) is 2.56. The van der Waals surface area contributed by atoms with Crippen molar-refractivity contribution in [3.05, 3.63) is 46.2 Å². The molecule has 2 aromatic rings. The van der Waals surface area contributed by atoms with Gasteiger partial charge in [-0.3, -0.25) is 4.68 Å². The Morgan fingerprint density at radius 3 is 2.62 bits per heavy atom. The number of hydrogen-bond donors (Lipinski definition) is 1. The lowest BCUT2D eigenvalue weighted by Crippen LogP contribution is -2.00. The number of nitrogens with two attached hydrogens (primary N) is 1. The van der Waals surface area contributed by atoms with Gasteiger partial charge in [-0.15, -0.1) is 12.4 Å². The molecule has 0 aliphatic heterocycles. The number of halogens is 3. The van der Waals surface area contributed by atoms with Gasteiger partial charge in [0, 0.05) is 16.2 Å². The first-order chi connectivity index (χ1) is 7.15. The number of hydrogen-bond acceptors (Lipinski definition) is 2. The molecule has 0 saturated heterocycles. The zero-order chi connectivity index (χ0) is 10.8. The van der Waals surface area contributed by atoms with Crippen molar-refractivity contribution in [3.8, 4) is 0 Å². The summed E-state index contributed by atoms with van der Waals surface area (Å²) in [6, 6.07) is 5.39. The molecule has 0 unspecified atom stereocenters. The van der Waals surface area contributed by atoms with Crippen LogP contribution in [-0.2, 0) is 6.54 Å². The van der Waals surface area contributed by atoms with Crippen molar-refractivity contribution in [1.82, 2.24) is 9.78 Å². The molecule has 6 heteroatoms. The van der Waals surface area contributed by atoms with E-state index >= 15 is 0 Å². The van der Waals surface area contributed by atoms with Crippen LogP contribution in [-0.4, -0.2) is 9.78 Å². The van der Waals surface area contributed by atoms with Crippen LogP contribution < -0.4 is 5.73 Å². The fourth-order valence-electron chi connectivity index (χ4n) is 1.29. The lowest BCUT2D eigenvalue weighted by atomic mass is 10.2. The van der Waals surface area contributed by atoms with Crippen LogP contribution in [0.2, 0.25) is 10.0 Å². The van der Waals surface area contributed by atoms with E-state index < -0.39 is 0 Å². The Bertz CT molecular complexity index is 482. The van der Waals surface area contributed by atoms with Gasteiger partial charge in [0.05, 0.1) is 18.4 Å². The van der Waals surface area contributed by atoms with E-state index in [4.69, 9.17) is 28.9 Å². The molecule has 0 fully saturated rings. The molecular weight excluding hydrogens is 268 g/mol. The van der Waals surface area contributed by atoms with Crippen molar-refractivity contribution in [2.24, 2.45) is 0 Å². The Labute approximate surface area is 110 Å². The summed E-state index contributed by atoms with van der Waals surface area (Å²) >= 11 is 11.8. The van der Waals surface area contributed by atoms with E-state index in [1.165, 1.54) is 0 Å². The molecule has 1 heterocycles. The molecule has 86 valence electrons. The maximum absolute atomic E-state index is 6.03. The molecule has 0 spiro atoms. The van der Waals surface area contributed by atoms with Crippen LogP contribution in [0.4, 0.5) is 5.69 Å². The summed E-state index contributed by atoms with van der Waals surface area (Å²) in [6.07, 6.45) is 3.36. The van der Waals surface area contributed by atoms with Gasteiger partial charge in [0.25, 0.3) is 0 Å². The molecule has 1 aromatic carbocycles. The molecule has 0 saturated carbocycles.